The minimum atomic E-state index is -0.0805. The van der Waals surface area contributed by atoms with Crippen molar-refractivity contribution in [2.24, 2.45) is 0 Å². The summed E-state index contributed by atoms with van der Waals surface area (Å²) in [5.41, 5.74) is 1.13. The zero-order chi connectivity index (χ0) is 16.2. The molecule has 124 valence electrons. The van der Waals surface area contributed by atoms with Crippen LogP contribution >= 0.6 is 0 Å². The molecule has 0 aliphatic carbocycles. The molecule has 0 saturated carbocycles. The first-order valence-corrected chi connectivity index (χ1v) is 8.55. The third-order valence-electron chi connectivity index (χ3n) is 4.88. The van der Waals surface area contributed by atoms with Crippen molar-refractivity contribution in [2.45, 2.75) is 44.7 Å². The van der Waals surface area contributed by atoms with Crippen LogP contribution in [0, 0.1) is 0 Å². The smallest absolute Gasteiger partial charge is 0.317 e. The molecule has 5 heteroatoms. The van der Waals surface area contributed by atoms with Gasteiger partial charge in [0.1, 0.15) is 0 Å². The minimum Gasteiger partial charge on any atom is -0.334 e. The number of likely N-dealkylation sites (tertiary alicyclic amines) is 2. The third kappa shape index (κ3) is 3.66. The summed E-state index contributed by atoms with van der Waals surface area (Å²) < 4.78 is 0. The fourth-order valence-corrected chi connectivity index (χ4v) is 3.48. The molecule has 1 aromatic rings. The maximum absolute atomic E-state index is 12.3. The van der Waals surface area contributed by atoms with Gasteiger partial charge in [0.2, 0.25) is 5.91 Å². The largest absolute Gasteiger partial charge is 0.334 e. The van der Waals surface area contributed by atoms with E-state index in [1.54, 1.807) is 0 Å². The number of hydrogen-bond acceptors (Lipinski definition) is 2. The Hall–Kier alpha value is -2.04. The van der Waals surface area contributed by atoms with E-state index in [2.05, 4.69) is 5.32 Å². The number of rotatable bonds is 3. The van der Waals surface area contributed by atoms with E-state index in [1.165, 1.54) is 6.42 Å². The van der Waals surface area contributed by atoms with Crippen LogP contribution in [-0.4, -0.2) is 47.4 Å². The normalized spacial score (nSPS) is 23.0. The first kappa shape index (κ1) is 15.8. The summed E-state index contributed by atoms with van der Waals surface area (Å²) in [6, 6.07) is 9.98. The van der Waals surface area contributed by atoms with Crippen LogP contribution in [0.4, 0.5) is 4.79 Å². The molecule has 0 aromatic heterocycles. The van der Waals surface area contributed by atoms with Crippen LogP contribution in [0.2, 0.25) is 0 Å². The van der Waals surface area contributed by atoms with Crippen LogP contribution in [0.3, 0.4) is 0 Å². The Morgan fingerprint density at radius 2 is 1.87 bits per heavy atom. The second-order valence-electron chi connectivity index (χ2n) is 6.53. The zero-order valence-corrected chi connectivity index (χ0v) is 13.7. The molecular formula is C18H25N3O2. The van der Waals surface area contributed by atoms with Crippen LogP contribution in [0.15, 0.2) is 30.3 Å². The van der Waals surface area contributed by atoms with Crippen molar-refractivity contribution in [2.75, 3.05) is 19.6 Å². The van der Waals surface area contributed by atoms with Crippen LogP contribution in [-0.2, 0) is 4.79 Å². The number of benzene rings is 1. The Labute approximate surface area is 137 Å². The molecule has 2 aliphatic heterocycles. The minimum absolute atomic E-state index is 0.0169. The van der Waals surface area contributed by atoms with E-state index in [4.69, 9.17) is 0 Å². The molecule has 5 nitrogen and oxygen atoms in total. The average molecular weight is 315 g/mol. The lowest BCUT2D eigenvalue weighted by atomic mass is 10.1. The lowest BCUT2D eigenvalue weighted by molar-refractivity contribution is -0.129. The van der Waals surface area contributed by atoms with Crippen molar-refractivity contribution in [3.8, 4) is 0 Å². The fourth-order valence-electron chi connectivity index (χ4n) is 3.48. The quantitative estimate of drug-likeness (QED) is 0.932. The molecule has 3 amide bonds. The SMILES string of the molecule is CC(c1ccccc1)N1CC(NC(=O)N2CCCCC2)CC1=O. The van der Waals surface area contributed by atoms with E-state index in [-0.39, 0.29) is 24.0 Å². The molecule has 23 heavy (non-hydrogen) atoms. The van der Waals surface area contributed by atoms with Crippen molar-refractivity contribution >= 4 is 11.9 Å². The van der Waals surface area contributed by atoms with Gasteiger partial charge in [0.05, 0.1) is 12.1 Å². The van der Waals surface area contributed by atoms with E-state index in [0.29, 0.717) is 13.0 Å². The number of carbonyl (C=O) groups excluding carboxylic acids is 2. The molecule has 3 rings (SSSR count). The van der Waals surface area contributed by atoms with Gasteiger partial charge < -0.3 is 15.1 Å². The Balaban J connectivity index is 1.58. The maximum Gasteiger partial charge on any atom is 0.317 e. The van der Waals surface area contributed by atoms with Crippen molar-refractivity contribution in [1.29, 1.82) is 0 Å². The summed E-state index contributed by atoms with van der Waals surface area (Å²) in [4.78, 5) is 28.4. The molecule has 0 bridgehead atoms. The maximum atomic E-state index is 12.3. The number of urea groups is 1. The van der Waals surface area contributed by atoms with E-state index in [9.17, 15) is 9.59 Å². The van der Waals surface area contributed by atoms with E-state index in [1.807, 2.05) is 47.1 Å². The van der Waals surface area contributed by atoms with Crippen molar-refractivity contribution < 1.29 is 9.59 Å². The summed E-state index contributed by atoms with van der Waals surface area (Å²) >= 11 is 0. The van der Waals surface area contributed by atoms with Gasteiger partial charge in [-0.1, -0.05) is 30.3 Å². The Kier molecular flexibility index (Phi) is 4.84. The molecule has 0 spiro atoms. The lowest BCUT2D eigenvalue weighted by Gasteiger charge is -2.29. The second-order valence-corrected chi connectivity index (χ2v) is 6.53. The van der Waals surface area contributed by atoms with Gasteiger partial charge in [0.25, 0.3) is 0 Å². The molecule has 2 atom stereocenters. The molecule has 0 radical (unpaired) electrons. The summed E-state index contributed by atoms with van der Waals surface area (Å²) in [5.74, 6) is 0.116. The molecule has 2 saturated heterocycles. The Morgan fingerprint density at radius 1 is 1.17 bits per heavy atom. The van der Waals surface area contributed by atoms with E-state index in [0.717, 1.165) is 31.5 Å². The predicted octanol–water partition coefficient (Wildman–Crippen LogP) is 2.54. The first-order valence-electron chi connectivity index (χ1n) is 8.55. The molecule has 1 N–H and O–H groups in total. The number of piperidine rings is 1. The fraction of sp³-hybridized carbons (Fsp3) is 0.556. The summed E-state index contributed by atoms with van der Waals surface area (Å²) in [6.45, 7) is 4.30. The van der Waals surface area contributed by atoms with Gasteiger partial charge in [-0.25, -0.2) is 4.79 Å². The third-order valence-corrected chi connectivity index (χ3v) is 4.88. The van der Waals surface area contributed by atoms with E-state index >= 15 is 0 Å². The highest BCUT2D eigenvalue weighted by Crippen LogP contribution is 2.25. The molecule has 2 fully saturated rings. The summed E-state index contributed by atoms with van der Waals surface area (Å²) in [6.07, 6.45) is 3.76. The highest BCUT2D eigenvalue weighted by molar-refractivity contribution is 5.82. The zero-order valence-electron chi connectivity index (χ0n) is 13.7. The second kappa shape index (κ2) is 7.02. The molecule has 2 unspecified atom stereocenters. The highest BCUT2D eigenvalue weighted by atomic mass is 16.2. The van der Waals surface area contributed by atoms with Crippen LogP contribution < -0.4 is 5.32 Å². The van der Waals surface area contributed by atoms with Gasteiger partial charge in [-0.2, -0.15) is 0 Å². The van der Waals surface area contributed by atoms with Crippen molar-refractivity contribution in [1.82, 2.24) is 15.1 Å². The number of nitrogens with one attached hydrogen (secondary N) is 1. The lowest BCUT2D eigenvalue weighted by Crippen LogP contribution is -2.47. The van der Waals surface area contributed by atoms with Gasteiger partial charge in [-0.05, 0) is 31.7 Å². The standard InChI is InChI=1S/C18H25N3O2/c1-14(15-8-4-2-5-9-15)21-13-16(12-17(21)22)19-18(23)20-10-6-3-7-11-20/h2,4-5,8-9,14,16H,3,6-7,10-13H2,1H3,(H,19,23). The number of carbonyl (C=O) groups is 2. The van der Waals surface area contributed by atoms with Gasteiger partial charge in [0, 0.05) is 26.1 Å². The van der Waals surface area contributed by atoms with Gasteiger partial charge in [0.15, 0.2) is 0 Å². The Bertz CT molecular complexity index is 555. The molecule has 2 aliphatic rings. The van der Waals surface area contributed by atoms with Crippen LogP contribution in [0.25, 0.3) is 0 Å². The number of nitrogens with zero attached hydrogens (tertiary/aromatic N) is 2. The van der Waals surface area contributed by atoms with Crippen LogP contribution in [0.1, 0.15) is 44.2 Å². The predicted molar refractivity (Wildman–Crippen MR) is 88.9 cm³/mol. The average Bonchev–Trinajstić information content (AvgIpc) is 2.96. The van der Waals surface area contributed by atoms with Crippen molar-refractivity contribution in [3.63, 3.8) is 0 Å². The molecule has 2 heterocycles. The number of amides is 3. The summed E-state index contributed by atoms with van der Waals surface area (Å²) in [7, 11) is 0. The first-order chi connectivity index (χ1) is 11.1. The highest BCUT2D eigenvalue weighted by Gasteiger charge is 2.34. The topological polar surface area (TPSA) is 52.7 Å². The molecule has 1 aromatic carbocycles. The monoisotopic (exact) mass is 315 g/mol. The van der Waals surface area contributed by atoms with Crippen LogP contribution in [0.5, 0.6) is 0 Å². The van der Waals surface area contributed by atoms with E-state index < -0.39 is 0 Å². The van der Waals surface area contributed by atoms with Gasteiger partial charge in [-0.15, -0.1) is 0 Å². The Morgan fingerprint density at radius 3 is 2.57 bits per heavy atom. The van der Waals surface area contributed by atoms with Crippen molar-refractivity contribution in [3.05, 3.63) is 35.9 Å². The number of hydrogen-bond donors (Lipinski definition) is 1. The van der Waals surface area contributed by atoms with Gasteiger partial charge >= 0.3 is 6.03 Å². The summed E-state index contributed by atoms with van der Waals surface area (Å²) in [5, 5.41) is 3.04. The molecular weight excluding hydrogens is 290 g/mol. The van der Waals surface area contributed by atoms with Gasteiger partial charge in [-0.3, -0.25) is 4.79 Å².